The van der Waals surface area contributed by atoms with Crippen LogP contribution in [0.5, 0.6) is 0 Å². The van der Waals surface area contributed by atoms with Gasteiger partial charge in [-0.3, -0.25) is 0 Å². The van der Waals surface area contributed by atoms with Crippen LogP contribution < -0.4 is 4.90 Å². The Morgan fingerprint density at radius 3 is 2.81 bits per heavy atom. The number of rotatable bonds is 1. The summed E-state index contributed by atoms with van der Waals surface area (Å²) < 4.78 is 0.281. The lowest BCUT2D eigenvalue weighted by atomic mass is 10.2. The molecule has 1 aliphatic rings. The fourth-order valence-corrected chi connectivity index (χ4v) is 3.22. The van der Waals surface area contributed by atoms with Crippen molar-refractivity contribution in [2.45, 2.75) is 25.5 Å². The Morgan fingerprint density at radius 2 is 2.19 bits per heavy atom. The smallest absolute Gasteiger partial charge is 0.224 e. The zero-order valence-corrected chi connectivity index (χ0v) is 11.4. The minimum Gasteiger partial charge on any atom is -0.354 e. The van der Waals surface area contributed by atoms with E-state index in [2.05, 4.69) is 28.7 Å². The minimum absolute atomic E-state index is 0.281. The van der Waals surface area contributed by atoms with E-state index in [0.717, 1.165) is 30.4 Å². The van der Waals surface area contributed by atoms with Gasteiger partial charge >= 0.3 is 0 Å². The number of nitrogens with zero attached hydrogens (tertiary/aromatic N) is 3. The fraction of sp³-hybridized carbons (Fsp3) is 0.636. The Labute approximate surface area is 106 Å². The van der Waals surface area contributed by atoms with Gasteiger partial charge in [-0.2, -0.15) is 11.8 Å². The highest BCUT2D eigenvalue weighted by Crippen LogP contribution is 2.31. The summed E-state index contributed by atoms with van der Waals surface area (Å²) in [6, 6.07) is 2.00. The van der Waals surface area contributed by atoms with E-state index in [1.165, 1.54) is 0 Å². The third-order valence-electron chi connectivity index (χ3n) is 2.56. The molecule has 16 heavy (non-hydrogen) atoms. The molecule has 0 amide bonds. The first-order chi connectivity index (χ1) is 7.46. The minimum atomic E-state index is 0.281. The molecule has 5 heteroatoms. The highest BCUT2D eigenvalue weighted by atomic mass is 35.5. The lowest BCUT2D eigenvalue weighted by Gasteiger charge is -2.38. The molecular formula is C11H16ClN3S. The van der Waals surface area contributed by atoms with Gasteiger partial charge in [0.05, 0.1) is 0 Å². The van der Waals surface area contributed by atoms with Crippen LogP contribution in [0.2, 0.25) is 5.28 Å². The maximum atomic E-state index is 5.89. The summed E-state index contributed by atoms with van der Waals surface area (Å²) in [6.07, 6.45) is 0. The van der Waals surface area contributed by atoms with Crippen LogP contribution in [0.3, 0.4) is 0 Å². The van der Waals surface area contributed by atoms with Crippen LogP contribution in [0, 0.1) is 6.92 Å². The molecule has 0 radical (unpaired) electrons. The highest BCUT2D eigenvalue weighted by Gasteiger charge is 2.27. The molecule has 1 aliphatic heterocycles. The van der Waals surface area contributed by atoms with Crippen molar-refractivity contribution in [3.63, 3.8) is 0 Å². The second-order valence-electron chi connectivity index (χ2n) is 4.67. The van der Waals surface area contributed by atoms with Crippen LogP contribution in [0.15, 0.2) is 6.07 Å². The third-order valence-corrected chi connectivity index (χ3v) is 4.03. The molecule has 0 aromatic carbocycles. The maximum absolute atomic E-state index is 5.89. The van der Waals surface area contributed by atoms with Crippen molar-refractivity contribution in [3.8, 4) is 0 Å². The van der Waals surface area contributed by atoms with E-state index in [1.54, 1.807) is 0 Å². The summed E-state index contributed by atoms with van der Waals surface area (Å²) in [7, 11) is 0. The maximum Gasteiger partial charge on any atom is 0.224 e. The summed E-state index contributed by atoms with van der Waals surface area (Å²) >= 11 is 7.90. The number of thioether (sulfide) groups is 1. The summed E-state index contributed by atoms with van der Waals surface area (Å²) in [5, 5.41) is 0.339. The molecule has 88 valence electrons. The molecule has 0 spiro atoms. The molecule has 0 saturated carbocycles. The predicted molar refractivity (Wildman–Crippen MR) is 70.5 cm³/mol. The lowest BCUT2D eigenvalue weighted by molar-refractivity contribution is 0.641. The summed E-state index contributed by atoms with van der Waals surface area (Å²) in [5.74, 6) is 2.08. The molecule has 0 atom stereocenters. The van der Waals surface area contributed by atoms with Crippen molar-refractivity contribution >= 4 is 29.2 Å². The van der Waals surface area contributed by atoms with Crippen LogP contribution in [-0.2, 0) is 0 Å². The first-order valence-corrected chi connectivity index (χ1v) is 6.73. The number of aromatic nitrogens is 2. The Hall–Kier alpha value is -0.480. The lowest BCUT2D eigenvalue weighted by Crippen LogP contribution is -2.43. The zero-order chi connectivity index (χ0) is 11.8. The number of hydrogen-bond donors (Lipinski definition) is 0. The molecule has 3 nitrogen and oxygen atoms in total. The van der Waals surface area contributed by atoms with Crippen molar-refractivity contribution in [2.75, 3.05) is 23.7 Å². The van der Waals surface area contributed by atoms with Crippen molar-refractivity contribution in [2.24, 2.45) is 0 Å². The van der Waals surface area contributed by atoms with Crippen LogP contribution >= 0.6 is 23.4 Å². The predicted octanol–water partition coefficient (Wildman–Crippen LogP) is 2.77. The fourth-order valence-electron chi connectivity index (χ4n) is 1.89. The number of aryl methyl sites for hydroxylation is 1. The normalized spacial score (nSPS) is 19.9. The first-order valence-electron chi connectivity index (χ1n) is 5.36. The molecule has 1 fully saturated rings. The van der Waals surface area contributed by atoms with Gasteiger partial charge in [0.25, 0.3) is 0 Å². The Morgan fingerprint density at radius 1 is 1.44 bits per heavy atom. The second kappa shape index (κ2) is 4.41. The van der Waals surface area contributed by atoms with E-state index in [1.807, 2.05) is 24.8 Å². The molecule has 2 heterocycles. The zero-order valence-electron chi connectivity index (χ0n) is 9.83. The molecule has 0 unspecified atom stereocenters. The SMILES string of the molecule is Cc1cc(N2CCSC(C)(C)C2)nc(Cl)n1. The van der Waals surface area contributed by atoms with E-state index < -0.39 is 0 Å². The molecule has 1 saturated heterocycles. The van der Waals surface area contributed by atoms with E-state index in [9.17, 15) is 0 Å². The topological polar surface area (TPSA) is 29.0 Å². The standard InChI is InChI=1S/C11H16ClN3S/c1-8-6-9(14-10(12)13-8)15-4-5-16-11(2,3)7-15/h6H,4-5,7H2,1-3H3. The van der Waals surface area contributed by atoms with Crippen molar-refractivity contribution < 1.29 is 0 Å². The van der Waals surface area contributed by atoms with Gasteiger partial charge in [0, 0.05) is 35.3 Å². The number of anilines is 1. The molecule has 2 rings (SSSR count). The van der Waals surface area contributed by atoms with Crippen molar-refractivity contribution in [1.82, 2.24) is 9.97 Å². The van der Waals surface area contributed by atoms with E-state index in [0.29, 0.717) is 5.28 Å². The van der Waals surface area contributed by atoms with Crippen LogP contribution in [0.25, 0.3) is 0 Å². The van der Waals surface area contributed by atoms with Crippen molar-refractivity contribution in [3.05, 3.63) is 17.0 Å². The quantitative estimate of drug-likeness (QED) is 0.724. The number of hydrogen-bond acceptors (Lipinski definition) is 4. The molecule has 0 N–H and O–H groups in total. The summed E-state index contributed by atoms with van der Waals surface area (Å²) in [5.41, 5.74) is 0.922. The largest absolute Gasteiger partial charge is 0.354 e. The molecular weight excluding hydrogens is 242 g/mol. The van der Waals surface area contributed by atoms with Gasteiger partial charge in [0.15, 0.2) is 0 Å². The molecule has 1 aromatic rings. The second-order valence-corrected chi connectivity index (χ2v) is 6.81. The summed E-state index contributed by atoms with van der Waals surface area (Å²) in [6.45, 7) is 8.51. The van der Waals surface area contributed by atoms with Gasteiger partial charge in [0.2, 0.25) is 5.28 Å². The van der Waals surface area contributed by atoms with Gasteiger partial charge in [-0.05, 0) is 32.4 Å². The van der Waals surface area contributed by atoms with Crippen LogP contribution in [0.4, 0.5) is 5.82 Å². The van der Waals surface area contributed by atoms with Crippen LogP contribution in [0.1, 0.15) is 19.5 Å². The Bertz CT molecular complexity index is 375. The van der Waals surface area contributed by atoms with E-state index in [-0.39, 0.29) is 4.75 Å². The van der Waals surface area contributed by atoms with Gasteiger partial charge in [-0.15, -0.1) is 0 Å². The number of halogens is 1. The average Bonchev–Trinajstić information content (AvgIpc) is 2.14. The van der Waals surface area contributed by atoms with E-state index >= 15 is 0 Å². The first kappa shape index (κ1) is 12.0. The molecule has 0 aliphatic carbocycles. The molecule has 0 bridgehead atoms. The third kappa shape index (κ3) is 2.80. The van der Waals surface area contributed by atoms with Crippen LogP contribution in [-0.4, -0.2) is 33.6 Å². The van der Waals surface area contributed by atoms with Gasteiger partial charge in [-0.25, -0.2) is 9.97 Å². The van der Waals surface area contributed by atoms with Gasteiger partial charge in [0.1, 0.15) is 5.82 Å². The van der Waals surface area contributed by atoms with Gasteiger partial charge < -0.3 is 4.90 Å². The van der Waals surface area contributed by atoms with E-state index in [4.69, 9.17) is 11.6 Å². The van der Waals surface area contributed by atoms with Gasteiger partial charge in [-0.1, -0.05) is 0 Å². The highest BCUT2D eigenvalue weighted by molar-refractivity contribution is 8.00. The monoisotopic (exact) mass is 257 g/mol. The Balaban J connectivity index is 2.23. The van der Waals surface area contributed by atoms with Crippen molar-refractivity contribution in [1.29, 1.82) is 0 Å². The Kier molecular flexibility index (Phi) is 3.31. The summed E-state index contributed by atoms with van der Waals surface area (Å²) in [4.78, 5) is 10.7. The average molecular weight is 258 g/mol. The molecule has 1 aromatic heterocycles.